The second-order valence-corrected chi connectivity index (χ2v) is 3.21. The molecule has 0 aromatic heterocycles. The molecule has 1 aromatic carbocycles. The van der Waals surface area contributed by atoms with Crippen molar-refractivity contribution in [2.24, 2.45) is 5.73 Å². The van der Waals surface area contributed by atoms with Crippen LogP contribution in [0.5, 0.6) is 0 Å². The van der Waals surface area contributed by atoms with Crippen molar-refractivity contribution in [2.75, 3.05) is 6.61 Å². The number of aliphatic hydroxyl groups is 1. The van der Waals surface area contributed by atoms with Crippen LogP contribution in [0.1, 0.15) is 5.56 Å². The van der Waals surface area contributed by atoms with Gasteiger partial charge in [0.15, 0.2) is 0 Å². The van der Waals surface area contributed by atoms with Gasteiger partial charge >= 0.3 is 0 Å². The average molecular weight is 186 g/mol. The van der Waals surface area contributed by atoms with Gasteiger partial charge in [0, 0.05) is 11.1 Å². The van der Waals surface area contributed by atoms with Gasteiger partial charge in [-0.3, -0.25) is 0 Å². The Bertz CT molecular complexity index is 235. The molecule has 0 aliphatic heterocycles. The van der Waals surface area contributed by atoms with Gasteiger partial charge in [-0.15, -0.1) is 0 Å². The van der Waals surface area contributed by atoms with Gasteiger partial charge in [0.25, 0.3) is 0 Å². The quantitative estimate of drug-likeness (QED) is 0.744. The van der Waals surface area contributed by atoms with Crippen molar-refractivity contribution in [3.63, 3.8) is 0 Å². The minimum Gasteiger partial charge on any atom is -0.395 e. The van der Waals surface area contributed by atoms with E-state index in [2.05, 4.69) is 0 Å². The Morgan fingerprint density at radius 1 is 1.33 bits per heavy atom. The van der Waals surface area contributed by atoms with Crippen LogP contribution in [0.3, 0.4) is 0 Å². The topological polar surface area (TPSA) is 46.2 Å². The van der Waals surface area contributed by atoms with Crippen LogP contribution in [0.4, 0.5) is 0 Å². The van der Waals surface area contributed by atoms with Crippen molar-refractivity contribution in [1.29, 1.82) is 0 Å². The molecular weight excluding hydrogens is 174 g/mol. The SMILES string of the molecule is N[C@H](CO)Cc1ccc(Cl)cc1. The second kappa shape index (κ2) is 4.45. The Labute approximate surface area is 77.0 Å². The molecule has 0 heterocycles. The first-order valence-corrected chi connectivity index (χ1v) is 4.21. The van der Waals surface area contributed by atoms with E-state index in [9.17, 15) is 0 Å². The van der Waals surface area contributed by atoms with Gasteiger partial charge in [-0.2, -0.15) is 0 Å². The van der Waals surface area contributed by atoms with Crippen molar-refractivity contribution < 1.29 is 5.11 Å². The third-order valence-corrected chi connectivity index (χ3v) is 1.90. The van der Waals surface area contributed by atoms with Crippen molar-refractivity contribution >= 4 is 11.6 Å². The molecule has 0 unspecified atom stereocenters. The summed E-state index contributed by atoms with van der Waals surface area (Å²) in [5.41, 5.74) is 6.66. The van der Waals surface area contributed by atoms with Crippen LogP contribution in [0.15, 0.2) is 24.3 Å². The Morgan fingerprint density at radius 2 is 1.92 bits per heavy atom. The van der Waals surface area contributed by atoms with Crippen LogP contribution in [0.25, 0.3) is 0 Å². The monoisotopic (exact) mass is 185 g/mol. The number of benzene rings is 1. The highest BCUT2D eigenvalue weighted by Crippen LogP contribution is 2.10. The molecule has 2 nitrogen and oxygen atoms in total. The van der Waals surface area contributed by atoms with Crippen molar-refractivity contribution in [1.82, 2.24) is 0 Å². The first-order valence-electron chi connectivity index (χ1n) is 3.83. The minimum absolute atomic E-state index is 0.0165. The second-order valence-electron chi connectivity index (χ2n) is 2.77. The van der Waals surface area contributed by atoms with E-state index < -0.39 is 0 Å². The van der Waals surface area contributed by atoms with Crippen LogP contribution < -0.4 is 5.73 Å². The van der Waals surface area contributed by atoms with Gasteiger partial charge in [-0.1, -0.05) is 23.7 Å². The van der Waals surface area contributed by atoms with E-state index in [1.165, 1.54) is 0 Å². The molecule has 12 heavy (non-hydrogen) atoms. The maximum atomic E-state index is 8.70. The molecule has 0 saturated heterocycles. The lowest BCUT2D eigenvalue weighted by molar-refractivity contribution is 0.265. The highest BCUT2D eigenvalue weighted by molar-refractivity contribution is 6.30. The van der Waals surface area contributed by atoms with E-state index in [1.54, 1.807) is 0 Å². The number of hydrogen-bond acceptors (Lipinski definition) is 2. The van der Waals surface area contributed by atoms with Gasteiger partial charge in [0.2, 0.25) is 0 Å². The summed E-state index contributed by atoms with van der Waals surface area (Å²) < 4.78 is 0. The van der Waals surface area contributed by atoms with Crippen molar-refractivity contribution in [3.05, 3.63) is 34.9 Å². The first-order chi connectivity index (χ1) is 5.72. The van der Waals surface area contributed by atoms with Crippen LogP contribution in [0.2, 0.25) is 5.02 Å². The summed E-state index contributed by atoms with van der Waals surface area (Å²) in [7, 11) is 0. The number of hydrogen-bond donors (Lipinski definition) is 2. The smallest absolute Gasteiger partial charge is 0.0585 e. The Hall–Kier alpha value is -0.570. The molecule has 1 atom stereocenters. The summed E-state index contributed by atoms with van der Waals surface area (Å²) in [6, 6.07) is 7.30. The van der Waals surface area contributed by atoms with Crippen LogP contribution in [-0.2, 0) is 6.42 Å². The first kappa shape index (κ1) is 9.52. The van der Waals surface area contributed by atoms with E-state index >= 15 is 0 Å². The van der Waals surface area contributed by atoms with Crippen LogP contribution in [0, 0.1) is 0 Å². The lowest BCUT2D eigenvalue weighted by Gasteiger charge is -2.07. The summed E-state index contributed by atoms with van der Waals surface area (Å²) in [5.74, 6) is 0. The third-order valence-electron chi connectivity index (χ3n) is 1.65. The molecule has 0 amide bonds. The highest BCUT2D eigenvalue weighted by atomic mass is 35.5. The summed E-state index contributed by atoms with van der Waals surface area (Å²) in [5, 5.41) is 9.42. The molecule has 0 aliphatic rings. The Morgan fingerprint density at radius 3 is 2.42 bits per heavy atom. The maximum Gasteiger partial charge on any atom is 0.0585 e. The highest BCUT2D eigenvalue weighted by Gasteiger charge is 2.01. The number of aliphatic hydroxyl groups excluding tert-OH is 1. The molecule has 0 aliphatic carbocycles. The number of nitrogens with two attached hydrogens (primary N) is 1. The van der Waals surface area contributed by atoms with Gasteiger partial charge < -0.3 is 10.8 Å². The van der Waals surface area contributed by atoms with E-state index in [1.807, 2.05) is 24.3 Å². The molecule has 0 bridgehead atoms. The standard InChI is InChI=1S/C9H12ClNO/c10-8-3-1-7(2-4-8)5-9(11)6-12/h1-4,9,12H,5-6,11H2/t9-/m0/s1. The summed E-state index contributed by atoms with van der Waals surface area (Å²) in [4.78, 5) is 0. The maximum absolute atomic E-state index is 8.70. The fourth-order valence-corrected chi connectivity index (χ4v) is 1.11. The largest absolute Gasteiger partial charge is 0.395 e. The van der Waals surface area contributed by atoms with E-state index in [-0.39, 0.29) is 12.6 Å². The zero-order chi connectivity index (χ0) is 8.97. The van der Waals surface area contributed by atoms with Crippen molar-refractivity contribution in [3.8, 4) is 0 Å². The normalized spacial score (nSPS) is 12.9. The molecule has 3 N–H and O–H groups in total. The van der Waals surface area contributed by atoms with Crippen molar-refractivity contribution in [2.45, 2.75) is 12.5 Å². The summed E-state index contributed by atoms with van der Waals surface area (Å²) in [6.07, 6.45) is 0.688. The minimum atomic E-state index is -0.175. The molecule has 1 aromatic rings. The molecule has 0 saturated carbocycles. The van der Waals surface area contributed by atoms with E-state index in [4.69, 9.17) is 22.4 Å². The lowest BCUT2D eigenvalue weighted by atomic mass is 10.1. The Balaban J connectivity index is 2.58. The van der Waals surface area contributed by atoms with E-state index in [0.717, 1.165) is 10.6 Å². The Kier molecular flexibility index (Phi) is 3.53. The molecule has 66 valence electrons. The average Bonchev–Trinajstić information content (AvgIpc) is 2.09. The predicted octanol–water partition coefficient (Wildman–Crippen LogP) is 1.20. The molecule has 0 spiro atoms. The molecule has 0 radical (unpaired) electrons. The lowest BCUT2D eigenvalue weighted by Crippen LogP contribution is -2.26. The fourth-order valence-electron chi connectivity index (χ4n) is 0.988. The van der Waals surface area contributed by atoms with E-state index in [0.29, 0.717) is 6.42 Å². The third kappa shape index (κ3) is 2.81. The van der Waals surface area contributed by atoms with Gasteiger partial charge in [-0.05, 0) is 24.1 Å². The molecule has 1 rings (SSSR count). The van der Waals surface area contributed by atoms with Gasteiger partial charge in [0.1, 0.15) is 0 Å². The zero-order valence-corrected chi connectivity index (χ0v) is 7.46. The number of halogens is 1. The van der Waals surface area contributed by atoms with Crippen LogP contribution >= 0.6 is 11.6 Å². The summed E-state index contributed by atoms with van der Waals surface area (Å²) >= 11 is 5.70. The molecule has 3 heteroatoms. The molecule has 0 fully saturated rings. The van der Waals surface area contributed by atoms with Crippen LogP contribution in [-0.4, -0.2) is 17.8 Å². The zero-order valence-electron chi connectivity index (χ0n) is 6.70. The van der Waals surface area contributed by atoms with Gasteiger partial charge in [0.05, 0.1) is 6.61 Å². The number of rotatable bonds is 3. The predicted molar refractivity (Wildman–Crippen MR) is 50.2 cm³/mol. The molecular formula is C9H12ClNO. The van der Waals surface area contributed by atoms with Gasteiger partial charge in [-0.25, -0.2) is 0 Å². The summed E-state index contributed by atoms with van der Waals surface area (Å²) in [6.45, 7) is 0.0165. The fraction of sp³-hybridized carbons (Fsp3) is 0.333.